The first-order valence-electron chi connectivity index (χ1n) is 8.85. The minimum atomic E-state index is -1.26. The summed E-state index contributed by atoms with van der Waals surface area (Å²) in [5.41, 5.74) is 2.27. The highest BCUT2D eigenvalue weighted by Crippen LogP contribution is 2.28. The molecular weight excluding hydrogens is 409 g/mol. The highest BCUT2D eigenvalue weighted by molar-refractivity contribution is 6.42. The van der Waals surface area contributed by atoms with Gasteiger partial charge in [0.2, 0.25) is 5.43 Å². The molecule has 4 rings (SSSR count). The van der Waals surface area contributed by atoms with Crippen molar-refractivity contribution < 1.29 is 9.90 Å². The molecule has 4 aromatic rings. The van der Waals surface area contributed by atoms with Gasteiger partial charge in [0.1, 0.15) is 5.56 Å². The molecule has 0 fully saturated rings. The van der Waals surface area contributed by atoms with Crippen LogP contribution >= 0.6 is 23.2 Å². The van der Waals surface area contributed by atoms with Crippen molar-refractivity contribution in [2.24, 2.45) is 0 Å². The molecule has 1 aromatic heterocycles. The number of aromatic carboxylic acids is 1. The van der Waals surface area contributed by atoms with Crippen LogP contribution in [0.3, 0.4) is 0 Å². The lowest BCUT2D eigenvalue weighted by Gasteiger charge is -2.14. The first kappa shape index (κ1) is 19.2. The molecule has 0 saturated heterocycles. The molecule has 0 unspecified atom stereocenters. The number of benzene rings is 3. The zero-order chi connectivity index (χ0) is 20.5. The van der Waals surface area contributed by atoms with E-state index in [1.807, 2.05) is 54.6 Å². The van der Waals surface area contributed by atoms with Gasteiger partial charge in [0.05, 0.1) is 15.6 Å². The number of rotatable bonds is 4. The van der Waals surface area contributed by atoms with Gasteiger partial charge >= 0.3 is 5.97 Å². The molecule has 144 valence electrons. The summed E-state index contributed by atoms with van der Waals surface area (Å²) < 4.78 is 1.72. The van der Waals surface area contributed by atoms with Gasteiger partial charge in [-0.15, -0.1) is 0 Å². The number of nitrogens with zero attached hydrogens (tertiary/aromatic N) is 1. The van der Waals surface area contributed by atoms with Crippen molar-refractivity contribution in [1.82, 2.24) is 4.57 Å². The van der Waals surface area contributed by atoms with E-state index in [0.717, 1.165) is 16.8 Å². The van der Waals surface area contributed by atoms with E-state index in [1.54, 1.807) is 16.7 Å². The third kappa shape index (κ3) is 3.65. The van der Waals surface area contributed by atoms with Gasteiger partial charge in [-0.3, -0.25) is 4.79 Å². The van der Waals surface area contributed by atoms with Crippen LogP contribution in [0, 0.1) is 0 Å². The quantitative estimate of drug-likeness (QED) is 0.465. The molecule has 3 aromatic carbocycles. The predicted molar refractivity (Wildman–Crippen MR) is 116 cm³/mol. The maximum absolute atomic E-state index is 12.8. The van der Waals surface area contributed by atoms with E-state index in [9.17, 15) is 14.7 Å². The molecule has 0 atom stereocenters. The van der Waals surface area contributed by atoms with E-state index in [0.29, 0.717) is 27.4 Å². The molecule has 0 aliphatic heterocycles. The van der Waals surface area contributed by atoms with E-state index in [2.05, 4.69) is 0 Å². The predicted octanol–water partition coefficient (Wildman–Crippen LogP) is 5.59. The zero-order valence-electron chi connectivity index (χ0n) is 15.1. The Hall–Kier alpha value is -3.08. The lowest BCUT2D eigenvalue weighted by Crippen LogP contribution is -2.18. The standard InChI is InChI=1S/C23H15Cl2NO3/c24-19-8-4-5-15(21(19)25)11-14-9-10-20-17(12-14)22(27)18(23(28)29)13-26(20)16-6-2-1-3-7-16/h1-10,12-13H,11H2,(H,28,29). The average molecular weight is 424 g/mol. The maximum atomic E-state index is 12.8. The Morgan fingerprint density at radius 3 is 2.45 bits per heavy atom. The van der Waals surface area contributed by atoms with Crippen LogP contribution in [0.25, 0.3) is 16.6 Å². The Kier molecular flexibility index (Phi) is 5.14. The molecule has 0 bridgehead atoms. The van der Waals surface area contributed by atoms with Crippen LogP contribution in [0.2, 0.25) is 10.0 Å². The fraction of sp³-hybridized carbons (Fsp3) is 0.0435. The lowest BCUT2D eigenvalue weighted by atomic mass is 10.0. The largest absolute Gasteiger partial charge is 0.477 e. The third-order valence-corrected chi connectivity index (χ3v) is 5.62. The third-order valence-electron chi connectivity index (χ3n) is 4.76. The summed E-state index contributed by atoms with van der Waals surface area (Å²) in [5, 5.41) is 10.8. The average Bonchev–Trinajstić information content (AvgIpc) is 2.72. The van der Waals surface area contributed by atoms with Crippen LogP contribution in [0.15, 0.2) is 77.7 Å². The molecular formula is C23H15Cl2NO3. The molecule has 0 aliphatic rings. The highest BCUT2D eigenvalue weighted by atomic mass is 35.5. The highest BCUT2D eigenvalue weighted by Gasteiger charge is 2.16. The zero-order valence-corrected chi connectivity index (χ0v) is 16.6. The van der Waals surface area contributed by atoms with Crippen molar-refractivity contribution in [2.45, 2.75) is 6.42 Å². The number of fused-ring (bicyclic) bond motifs is 1. The number of carboxylic acids is 1. The van der Waals surface area contributed by atoms with Crippen LogP contribution < -0.4 is 5.43 Å². The van der Waals surface area contributed by atoms with Crippen LogP contribution in [0.4, 0.5) is 0 Å². The number of carboxylic acid groups (broad SMARTS) is 1. The van der Waals surface area contributed by atoms with E-state index in [-0.39, 0.29) is 5.56 Å². The van der Waals surface area contributed by atoms with Crippen LogP contribution in [-0.2, 0) is 6.42 Å². The molecule has 6 heteroatoms. The number of para-hydroxylation sites is 1. The minimum Gasteiger partial charge on any atom is -0.477 e. The Morgan fingerprint density at radius 1 is 0.966 bits per heavy atom. The second kappa shape index (κ2) is 7.74. The normalized spacial score (nSPS) is 11.0. The monoisotopic (exact) mass is 423 g/mol. The van der Waals surface area contributed by atoms with E-state index in [4.69, 9.17) is 23.2 Å². The van der Waals surface area contributed by atoms with Gasteiger partial charge in [-0.05, 0) is 47.9 Å². The van der Waals surface area contributed by atoms with Crippen LogP contribution in [-0.4, -0.2) is 15.6 Å². The van der Waals surface area contributed by atoms with Gasteiger partial charge in [0.15, 0.2) is 0 Å². The maximum Gasteiger partial charge on any atom is 0.341 e. The van der Waals surface area contributed by atoms with Gasteiger partial charge in [0, 0.05) is 17.3 Å². The second-order valence-corrected chi connectivity index (χ2v) is 7.41. The SMILES string of the molecule is O=C(O)c1cn(-c2ccccc2)c2ccc(Cc3cccc(Cl)c3Cl)cc2c1=O. The molecule has 0 spiro atoms. The molecule has 1 N–H and O–H groups in total. The summed E-state index contributed by atoms with van der Waals surface area (Å²) in [6.07, 6.45) is 1.84. The first-order valence-corrected chi connectivity index (χ1v) is 9.61. The topological polar surface area (TPSA) is 59.3 Å². The van der Waals surface area contributed by atoms with Gasteiger partial charge in [-0.2, -0.15) is 0 Å². The number of carbonyl (C=O) groups is 1. The molecule has 0 saturated carbocycles. The Morgan fingerprint density at radius 2 is 1.72 bits per heavy atom. The summed E-state index contributed by atoms with van der Waals surface area (Å²) in [5.74, 6) is -1.26. The number of hydrogen-bond donors (Lipinski definition) is 1. The molecule has 4 nitrogen and oxygen atoms in total. The molecule has 0 radical (unpaired) electrons. The molecule has 0 aliphatic carbocycles. The molecule has 0 amide bonds. The van der Waals surface area contributed by atoms with Crippen molar-refractivity contribution in [2.75, 3.05) is 0 Å². The number of halogens is 2. The number of aromatic nitrogens is 1. The second-order valence-electron chi connectivity index (χ2n) is 6.62. The Balaban J connectivity index is 1.92. The van der Waals surface area contributed by atoms with E-state index < -0.39 is 11.4 Å². The Bertz CT molecular complexity index is 1300. The summed E-state index contributed by atoms with van der Waals surface area (Å²) in [6.45, 7) is 0. The number of pyridine rings is 1. The summed E-state index contributed by atoms with van der Waals surface area (Å²) in [6, 6.07) is 20.1. The van der Waals surface area contributed by atoms with Crippen molar-refractivity contribution in [3.05, 3.63) is 110 Å². The van der Waals surface area contributed by atoms with E-state index in [1.165, 1.54) is 6.20 Å². The van der Waals surface area contributed by atoms with Crippen molar-refractivity contribution in [3.63, 3.8) is 0 Å². The summed E-state index contributed by atoms with van der Waals surface area (Å²) in [7, 11) is 0. The lowest BCUT2D eigenvalue weighted by molar-refractivity contribution is 0.0695. The van der Waals surface area contributed by atoms with Gasteiger partial charge in [-0.1, -0.05) is 59.6 Å². The summed E-state index contributed by atoms with van der Waals surface area (Å²) >= 11 is 12.4. The Labute approximate surface area is 176 Å². The minimum absolute atomic E-state index is 0.278. The van der Waals surface area contributed by atoms with Gasteiger partial charge in [0.25, 0.3) is 0 Å². The van der Waals surface area contributed by atoms with Crippen LogP contribution in [0.5, 0.6) is 0 Å². The van der Waals surface area contributed by atoms with Crippen molar-refractivity contribution >= 4 is 40.1 Å². The van der Waals surface area contributed by atoms with Crippen molar-refractivity contribution in [1.29, 1.82) is 0 Å². The first-order chi connectivity index (χ1) is 14.0. The molecule has 29 heavy (non-hydrogen) atoms. The fourth-order valence-corrected chi connectivity index (χ4v) is 3.73. The van der Waals surface area contributed by atoms with E-state index >= 15 is 0 Å². The fourth-order valence-electron chi connectivity index (χ4n) is 3.35. The number of hydrogen-bond acceptors (Lipinski definition) is 2. The van der Waals surface area contributed by atoms with Crippen molar-refractivity contribution in [3.8, 4) is 5.69 Å². The molecule has 1 heterocycles. The summed E-state index contributed by atoms with van der Waals surface area (Å²) in [4.78, 5) is 24.5. The van der Waals surface area contributed by atoms with Gasteiger partial charge < -0.3 is 9.67 Å². The van der Waals surface area contributed by atoms with Crippen LogP contribution in [0.1, 0.15) is 21.5 Å². The smallest absolute Gasteiger partial charge is 0.341 e. The van der Waals surface area contributed by atoms with Gasteiger partial charge in [-0.25, -0.2) is 4.79 Å².